The molecule has 26 heavy (non-hydrogen) atoms. The van der Waals surface area contributed by atoms with Gasteiger partial charge in [-0.3, -0.25) is 4.99 Å². The second-order valence-electron chi connectivity index (χ2n) is 6.71. The van der Waals surface area contributed by atoms with Crippen molar-refractivity contribution in [1.29, 1.82) is 0 Å². The van der Waals surface area contributed by atoms with Crippen LogP contribution < -0.4 is 15.0 Å². The monoisotopic (exact) mass is 352 g/mol. The van der Waals surface area contributed by atoms with E-state index in [1.54, 1.807) is 7.11 Å². The highest BCUT2D eigenvalue weighted by Gasteiger charge is 2.23. The minimum atomic E-state index is 0.222. The molecule has 2 aromatic carbocycles. The molecule has 138 valence electrons. The lowest BCUT2D eigenvalue weighted by atomic mass is 10.1. The minimum absolute atomic E-state index is 0.222. The number of guanidine groups is 1. The predicted molar refractivity (Wildman–Crippen MR) is 108 cm³/mol. The molecular weight excluding hydrogens is 324 g/mol. The van der Waals surface area contributed by atoms with Gasteiger partial charge in [-0.15, -0.1) is 0 Å². The van der Waals surface area contributed by atoms with Gasteiger partial charge in [0.05, 0.1) is 13.2 Å². The Morgan fingerprint density at radius 2 is 2.04 bits per heavy atom. The van der Waals surface area contributed by atoms with E-state index in [4.69, 9.17) is 4.74 Å². The molecule has 3 rings (SSSR count). The van der Waals surface area contributed by atoms with Crippen LogP contribution in [0.3, 0.4) is 0 Å². The summed E-state index contributed by atoms with van der Waals surface area (Å²) in [6, 6.07) is 17.0. The molecular formula is C21H28N4O. The van der Waals surface area contributed by atoms with Crippen LogP contribution in [-0.4, -0.2) is 52.2 Å². The van der Waals surface area contributed by atoms with Gasteiger partial charge in [-0.1, -0.05) is 30.3 Å². The van der Waals surface area contributed by atoms with E-state index >= 15 is 0 Å². The van der Waals surface area contributed by atoms with E-state index in [0.717, 1.165) is 31.2 Å². The van der Waals surface area contributed by atoms with Gasteiger partial charge in [0.15, 0.2) is 5.96 Å². The summed E-state index contributed by atoms with van der Waals surface area (Å²) in [7, 11) is 7.74. The molecule has 0 amide bonds. The zero-order valence-electron chi connectivity index (χ0n) is 16.1. The Hall–Kier alpha value is -2.53. The third-order valence-electron chi connectivity index (χ3n) is 4.91. The lowest BCUT2D eigenvalue weighted by Gasteiger charge is -2.28. The van der Waals surface area contributed by atoms with Crippen LogP contribution in [0.5, 0.6) is 5.75 Å². The van der Waals surface area contributed by atoms with Crippen LogP contribution in [0, 0.1) is 0 Å². The fourth-order valence-corrected chi connectivity index (χ4v) is 3.49. The number of nitrogens with zero attached hydrogens (tertiary/aromatic N) is 3. The van der Waals surface area contributed by atoms with Gasteiger partial charge in [0, 0.05) is 25.8 Å². The zero-order chi connectivity index (χ0) is 18.5. The maximum Gasteiger partial charge on any atom is 0.198 e. The van der Waals surface area contributed by atoms with Gasteiger partial charge in [0.2, 0.25) is 0 Å². The van der Waals surface area contributed by atoms with Gasteiger partial charge in [-0.2, -0.15) is 0 Å². The number of likely N-dealkylation sites (N-methyl/N-ethyl adjacent to an activating group) is 1. The molecule has 0 spiro atoms. The highest BCUT2D eigenvalue weighted by Crippen LogP contribution is 2.28. The van der Waals surface area contributed by atoms with Crippen LogP contribution in [-0.2, 0) is 6.42 Å². The van der Waals surface area contributed by atoms with Crippen molar-refractivity contribution in [3.63, 3.8) is 0 Å². The van der Waals surface area contributed by atoms with E-state index in [2.05, 4.69) is 70.6 Å². The molecule has 0 radical (unpaired) electrons. The fraction of sp³-hybridized carbons (Fsp3) is 0.381. The summed E-state index contributed by atoms with van der Waals surface area (Å²) in [6.07, 6.45) is 1.06. The first-order valence-corrected chi connectivity index (χ1v) is 9.00. The summed E-state index contributed by atoms with van der Waals surface area (Å²) < 4.78 is 5.38. The molecule has 0 fully saturated rings. The van der Waals surface area contributed by atoms with Crippen LogP contribution >= 0.6 is 0 Å². The molecule has 1 aliphatic rings. The topological polar surface area (TPSA) is 40.1 Å². The van der Waals surface area contributed by atoms with Crippen molar-refractivity contribution in [3.05, 3.63) is 59.7 Å². The molecule has 0 saturated carbocycles. The summed E-state index contributed by atoms with van der Waals surface area (Å²) in [6.45, 7) is 1.73. The summed E-state index contributed by atoms with van der Waals surface area (Å²) >= 11 is 0. The molecule has 5 heteroatoms. The van der Waals surface area contributed by atoms with Gasteiger partial charge >= 0.3 is 0 Å². The van der Waals surface area contributed by atoms with E-state index in [-0.39, 0.29) is 6.04 Å². The molecule has 1 N–H and O–H groups in total. The maximum absolute atomic E-state index is 5.38. The second-order valence-corrected chi connectivity index (χ2v) is 6.71. The van der Waals surface area contributed by atoms with Gasteiger partial charge < -0.3 is 19.9 Å². The lowest BCUT2D eigenvalue weighted by molar-refractivity contribution is 0.297. The first kappa shape index (κ1) is 18.3. The molecule has 1 atom stereocenters. The number of benzene rings is 2. The van der Waals surface area contributed by atoms with E-state index in [9.17, 15) is 0 Å². The smallest absolute Gasteiger partial charge is 0.198 e. The number of para-hydroxylation sites is 1. The zero-order valence-corrected chi connectivity index (χ0v) is 16.1. The molecule has 1 aliphatic heterocycles. The Labute approximate surface area is 156 Å². The summed E-state index contributed by atoms with van der Waals surface area (Å²) in [5, 5.41) is 3.56. The van der Waals surface area contributed by atoms with E-state index in [1.807, 2.05) is 19.2 Å². The van der Waals surface area contributed by atoms with Gasteiger partial charge in [0.1, 0.15) is 5.75 Å². The number of hydrogen-bond acceptors (Lipinski definition) is 3. The number of ether oxygens (including phenoxy) is 1. The van der Waals surface area contributed by atoms with E-state index < -0.39 is 0 Å². The average molecular weight is 352 g/mol. The number of methoxy groups -OCH3 is 1. The van der Waals surface area contributed by atoms with Crippen LogP contribution in [0.2, 0.25) is 0 Å². The molecule has 2 aromatic rings. The summed E-state index contributed by atoms with van der Waals surface area (Å²) in [5.74, 6) is 1.80. The third kappa shape index (κ3) is 3.83. The van der Waals surface area contributed by atoms with Crippen molar-refractivity contribution in [2.75, 3.05) is 46.2 Å². The lowest BCUT2D eigenvalue weighted by Crippen LogP contribution is -2.44. The molecule has 0 saturated heterocycles. The first-order chi connectivity index (χ1) is 12.6. The molecule has 1 heterocycles. The first-order valence-electron chi connectivity index (χ1n) is 9.00. The SMILES string of the molecule is CN=C(NCC(c1cccc(OC)c1)N(C)C)N1CCc2ccccc21. The van der Waals surface area contributed by atoms with Crippen molar-refractivity contribution in [1.82, 2.24) is 10.2 Å². The quantitative estimate of drug-likeness (QED) is 0.663. The van der Waals surface area contributed by atoms with E-state index in [1.165, 1.54) is 16.8 Å². The van der Waals surface area contributed by atoms with E-state index in [0.29, 0.717) is 0 Å². The fourth-order valence-electron chi connectivity index (χ4n) is 3.49. The minimum Gasteiger partial charge on any atom is -0.497 e. The highest BCUT2D eigenvalue weighted by atomic mass is 16.5. The Morgan fingerprint density at radius 3 is 2.77 bits per heavy atom. The molecule has 1 unspecified atom stereocenters. The third-order valence-corrected chi connectivity index (χ3v) is 4.91. The number of nitrogens with one attached hydrogen (secondary N) is 1. The Kier molecular flexibility index (Phi) is 5.78. The molecule has 0 aromatic heterocycles. The Balaban J connectivity index is 1.74. The number of hydrogen-bond donors (Lipinski definition) is 1. The van der Waals surface area contributed by atoms with Crippen molar-refractivity contribution in [3.8, 4) is 5.75 Å². The Morgan fingerprint density at radius 1 is 1.23 bits per heavy atom. The summed E-state index contributed by atoms with van der Waals surface area (Å²) in [5.41, 5.74) is 3.86. The van der Waals surface area contributed by atoms with Gasteiger partial charge in [-0.25, -0.2) is 0 Å². The van der Waals surface area contributed by atoms with Crippen molar-refractivity contribution in [2.45, 2.75) is 12.5 Å². The predicted octanol–water partition coefficient (Wildman–Crippen LogP) is 2.94. The maximum atomic E-state index is 5.38. The second kappa shape index (κ2) is 8.23. The van der Waals surface area contributed by atoms with Gasteiger partial charge in [-0.05, 0) is 49.8 Å². The van der Waals surface area contributed by atoms with Crippen LogP contribution in [0.25, 0.3) is 0 Å². The van der Waals surface area contributed by atoms with Crippen LogP contribution in [0.1, 0.15) is 17.2 Å². The number of anilines is 1. The number of rotatable bonds is 5. The largest absolute Gasteiger partial charge is 0.497 e. The summed E-state index contributed by atoms with van der Waals surface area (Å²) in [4.78, 5) is 9.00. The van der Waals surface area contributed by atoms with Gasteiger partial charge in [0.25, 0.3) is 0 Å². The van der Waals surface area contributed by atoms with Crippen molar-refractivity contribution < 1.29 is 4.74 Å². The number of fused-ring (bicyclic) bond motifs is 1. The van der Waals surface area contributed by atoms with Crippen molar-refractivity contribution in [2.24, 2.45) is 4.99 Å². The molecule has 5 nitrogen and oxygen atoms in total. The molecule has 0 bridgehead atoms. The normalized spacial score (nSPS) is 15.1. The molecule has 0 aliphatic carbocycles. The van der Waals surface area contributed by atoms with Crippen molar-refractivity contribution >= 4 is 11.6 Å². The average Bonchev–Trinajstić information content (AvgIpc) is 3.09. The standard InChI is InChI=1S/C21H28N4O/c1-22-21(25-13-12-16-8-5-6-11-19(16)25)23-15-20(24(2)3)17-9-7-10-18(14-17)26-4/h5-11,14,20H,12-13,15H2,1-4H3,(H,22,23). The highest BCUT2D eigenvalue weighted by molar-refractivity contribution is 5.97. The van der Waals surface area contributed by atoms with Crippen LogP contribution in [0.4, 0.5) is 5.69 Å². The Bertz CT molecular complexity index is 772. The van der Waals surface area contributed by atoms with Crippen LogP contribution in [0.15, 0.2) is 53.5 Å². The number of aliphatic imine (C=N–C) groups is 1.